The second-order valence-electron chi connectivity index (χ2n) is 4.36. The summed E-state index contributed by atoms with van der Waals surface area (Å²) < 4.78 is 4.11. The molecular weight excluding hydrogens is 380 g/mol. The number of rotatable bonds is 7. The number of aliphatic hydroxyl groups is 1. The molecule has 5 nitrogen and oxygen atoms in total. The highest BCUT2D eigenvalue weighted by Gasteiger charge is 2.30. The van der Waals surface area contributed by atoms with Crippen molar-refractivity contribution in [3.63, 3.8) is 0 Å². The van der Waals surface area contributed by atoms with Gasteiger partial charge in [-0.05, 0) is 6.42 Å². The fraction of sp³-hybridized carbons (Fsp3) is 0.667. The summed E-state index contributed by atoms with van der Waals surface area (Å²) >= 11 is 6.56. The quantitative estimate of drug-likeness (QED) is 0.547. The highest BCUT2D eigenvalue weighted by Crippen LogP contribution is 2.29. The Labute approximate surface area is 129 Å². The van der Waals surface area contributed by atoms with Gasteiger partial charge in [0.2, 0.25) is 0 Å². The molecule has 2 atom stereocenters. The topological polar surface area (TPSA) is 75.2 Å². The predicted molar refractivity (Wildman–Crippen MR) is 79.7 cm³/mol. The van der Waals surface area contributed by atoms with Crippen molar-refractivity contribution in [1.29, 1.82) is 0 Å². The van der Waals surface area contributed by atoms with Crippen molar-refractivity contribution in [2.24, 2.45) is 5.92 Å². The molecule has 0 amide bonds. The molecule has 1 aromatic rings. The summed E-state index contributed by atoms with van der Waals surface area (Å²) in [7, 11) is 0. The molecule has 0 spiro atoms. The van der Waals surface area contributed by atoms with Crippen LogP contribution in [0.15, 0.2) is 6.20 Å². The van der Waals surface area contributed by atoms with E-state index >= 15 is 0 Å². The van der Waals surface area contributed by atoms with Crippen LogP contribution in [0.25, 0.3) is 0 Å². The Morgan fingerprint density at radius 1 is 1.68 bits per heavy atom. The van der Waals surface area contributed by atoms with E-state index < -0.39 is 10.5 Å². The molecular formula is C12H18Br2N2O3. The van der Waals surface area contributed by atoms with Crippen LogP contribution >= 0.6 is 31.9 Å². The van der Waals surface area contributed by atoms with Crippen molar-refractivity contribution in [3.05, 3.63) is 17.5 Å². The third kappa shape index (κ3) is 4.57. The van der Waals surface area contributed by atoms with Crippen molar-refractivity contribution in [2.75, 3.05) is 11.9 Å². The van der Waals surface area contributed by atoms with Gasteiger partial charge in [0.15, 0.2) is 0 Å². The van der Waals surface area contributed by atoms with Crippen LogP contribution in [0.3, 0.4) is 0 Å². The molecule has 0 bridgehead atoms. The van der Waals surface area contributed by atoms with Gasteiger partial charge in [-0.15, -0.1) is 0 Å². The molecule has 0 radical (unpaired) electrons. The van der Waals surface area contributed by atoms with Crippen LogP contribution in [0, 0.1) is 5.92 Å². The smallest absolute Gasteiger partial charge is 0.341 e. The number of aryl methyl sites for hydroxylation is 1. The lowest BCUT2D eigenvalue weighted by Gasteiger charge is -2.26. The van der Waals surface area contributed by atoms with Crippen LogP contribution in [-0.2, 0) is 11.2 Å². The molecule has 0 fully saturated rings. The first-order chi connectivity index (χ1) is 8.92. The van der Waals surface area contributed by atoms with Gasteiger partial charge in [0.1, 0.15) is 10.1 Å². The van der Waals surface area contributed by atoms with Crippen LogP contribution in [0.1, 0.15) is 36.3 Å². The maximum atomic E-state index is 11.8. The number of hydrogen-bond donors (Lipinski definition) is 2. The number of aromatic amines is 1. The molecule has 108 valence electrons. The fourth-order valence-electron chi connectivity index (χ4n) is 1.49. The number of hydrogen-bond acceptors (Lipinski definition) is 4. The van der Waals surface area contributed by atoms with E-state index in [0.717, 1.165) is 0 Å². The summed E-state index contributed by atoms with van der Waals surface area (Å²) in [6.45, 7) is 3.96. The summed E-state index contributed by atoms with van der Waals surface area (Å²) in [5.41, 5.74) is 1.14. The number of esters is 1. The Hall–Kier alpha value is -0.400. The van der Waals surface area contributed by atoms with E-state index in [-0.39, 0.29) is 12.5 Å². The zero-order chi connectivity index (χ0) is 14.5. The molecule has 0 saturated carbocycles. The van der Waals surface area contributed by atoms with Crippen molar-refractivity contribution < 1.29 is 14.6 Å². The minimum atomic E-state index is -1.04. The zero-order valence-corrected chi connectivity index (χ0v) is 14.1. The lowest BCUT2D eigenvalue weighted by Crippen LogP contribution is -2.32. The molecule has 2 N–H and O–H groups in total. The zero-order valence-electron chi connectivity index (χ0n) is 10.9. The van der Waals surface area contributed by atoms with E-state index in [9.17, 15) is 9.90 Å². The van der Waals surface area contributed by atoms with Crippen molar-refractivity contribution in [2.45, 2.75) is 31.2 Å². The lowest BCUT2D eigenvalue weighted by atomic mass is 10.0. The first-order valence-corrected chi connectivity index (χ1v) is 8.00. The molecule has 0 aromatic carbocycles. The number of aromatic nitrogens is 2. The average Bonchev–Trinajstić information content (AvgIpc) is 2.85. The minimum absolute atomic E-state index is 0.00586. The maximum absolute atomic E-state index is 11.8. The summed E-state index contributed by atoms with van der Waals surface area (Å²) in [6, 6.07) is 0. The molecule has 0 aliphatic heterocycles. The second-order valence-corrected chi connectivity index (χ2v) is 6.38. The number of halogens is 2. The van der Waals surface area contributed by atoms with E-state index in [2.05, 4.69) is 42.1 Å². The van der Waals surface area contributed by atoms with Gasteiger partial charge in [-0.25, -0.2) is 4.79 Å². The van der Waals surface area contributed by atoms with E-state index in [1.807, 2.05) is 13.8 Å². The van der Waals surface area contributed by atoms with Gasteiger partial charge in [0.25, 0.3) is 0 Å². The summed E-state index contributed by atoms with van der Waals surface area (Å²) in [5, 5.41) is 17.4. The van der Waals surface area contributed by atoms with E-state index in [0.29, 0.717) is 29.4 Å². The Balaban J connectivity index is 2.48. The molecule has 1 aromatic heterocycles. The van der Waals surface area contributed by atoms with Gasteiger partial charge in [-0.3, -0.25) is 5.10 Å². The molecule has 2 unspecified atom stereocenters. The van der Waals surface area contributed by atoms with Crippen molar-refractivity contribution in [3.8, 4) is 0 Å². The van der Waals surface area contributed by atoms with Crippen LogP contribution in [0.5, 0.6) is 0 Å². The number of alkyl halides is 2. The Kier molecular flexibility index (Phi) is 6.49. The first kappa shape index (κ1) is 16.7. The molecule has 19 heavy (non-hydrogen) atoms. The van der Waals surface area contributed by atoms with Crippen LogP contribution in [-0.4, -0.2) is 37.7 Å². The summed E-state index contributed by atoms with van der Waals surface area (Å²) in [4.78, 5) is 11.8. The first-order valence-electron chi connectivity index (χ1n) is 6.09. The maximum Gasteiger partial charge on any atom is 0.341 e. The SMILES string of the molecule is CCc1n[nH]cc1C(=O)OCCC(O)(Br)C(C)CBr. The monoisotopic (exact) mass is 396 g/mol. The molecule has 1 rings (SSSR count). The molecule has 1 heterocycles. The summed E-state index contributed by atoms with van der Waals surface area (Å²) in [6.07, 6.45) is 2.52. The van der Waals surface area contributed by atoms with Crippen LogP contribution < -0.4 is 0 Å². The van der Waals surface area contributed by atoms with Crippen molar-refractivity contribution >= 4 is 37.8 Å². The molecule has 0 aliphatic carbocycles. The van der Waals surface area contributed by atoms with Gasteiger partial charge in [0.05, 0.1) is 12.3 Å². The van der Waals surface area contributed by atoms with Gasteiger partial charge < -0.3 is 9.84 Å². The highest BCUT2D eigenvalue weighted by atomic mass is 79.9. The third-order valence-corrected chi connectivity index (χ3v) is 5.10. The Morgan fingerprint density at radius 2 is 2.37 bits per heavy atom. The third-order valence-electron chi connectivity index (χ3n) is 2.95. The number of H-pyrrole nitrogens is 1. The van der Waals surface area contributed by atoms with E-state index in [1.165, 1.54) is 6.20 Å². The predicted octanol–water partition coefficient (Wildman–Crippen LogP) is 2.63. The van der Waals surface area contributed by atoms with E-state index in [1.54, 1.807) is 0 Å². The fourth-order valence-corrected chi connectivity index (χ4v) is 2.79. The Morgan fingerprint density at radius 3 is 2.95 bits per heavy atom. The standard InChI is InChI=1S/C12H18Br2N2O3/c1-3-10-9(7-15-16-10)11(17)19-5-4-12(14,18)8(2)6-13/h7-8,18H,3-6H2,1-2H3,(H,15,16). The molecule has 0 aliphatic rings. The number of carbonyl (C=O) groups excluding carboxylic acids is 1. The van der Waals surface area contributed by atoms with Gasteiger partial charge >= 0.3 is 5.97 Å². The number of ether oxygens (including phenoxy) is 1. The van der Waals surface area contributed by atoms with Crippen LogP contribution in [0.2, 0.25) is 0 Å². The average molecular weight is 398 g/mol. The molecule has 7 heteroatoms. The van der Waals surface area contributed by atoms with Gasteiger partial charge in [-0.1, -0.05) is 45.7 Å². The van der Waals surface area contributed by atoms with Crippen molar-refractivity contribution in [1.82, 2.24) is 10.2 Å². The minimum Gasteiger partial charge on any atom is -0.462 e. The summed E-state index contributed by atoms with van der Waals surface area (Å²) in [5.74, 6) is -0.410. The van der Waals surface area contributed by atoms with E-state index in [4.69, 9.17) is 4.74 Å². The number of nitrogens with zero attached hydrogens (tertiary/aromatic N) is 1. The number of carbonyl (C=O) groups is 1. The number of nitrogens with one attached hydrogen (secondary N) is 1. The van der Waals surface area contributed by atoms with Crippen LogP contribution in [0.4, 0.5) is 0 Å². The highest BCUT2D eigenvalue weighted by molar-refractivity contribution is 9.10. The second kappa shape index (κ2) is 7.40. The van der Waals surface area contributed by atoms with Gasteiger partial charge in [0, 0.05) is 23.9 Å². The lowest BCUT2D eigenvalue weighted by molar-refractivity contribution is 0.0317. The Bertz CT molecular complexity index is 421. The molecule has 0 saturated heterocycles. The largest absolute Gasteiger partial charge is 0.462 e. The van der Waals surface area contributed by atoms with Gasteiger partial charge in [-0.2, -0.15) is 5.10 Å². The normalized spacial score (nSPS) is 15.8.